The number of pyridine rings is 1. The zero-order valence-electron chi connectivity index (χ0n) is 7.45. The van der Waals surface area contributed by atoms with E-state index in [4.69, 9.17) is 0 Å². The van der Waals surface area contributed by atoms with E-state index in [1.807, 2.05) is 25.1 Å². The molecule has 0 bridgehead atoms. The molecule has 66 valence electrons. The first-order valence-corrected chi connectivity index (χ1v) is 4.37. The second-order valence-electron chi connectivity index (χ2n) is 2.98. The summed E-state index contributed by atoms with van der Waals surface area (Å²) < 4.78 is 0. The number of rotatable bonds is 1. The lowest BCUT2D eigenvalue weighted by Gasteiger charge is -2.09. The van der Waals surface area contributed by atoms with Gasteiger partial charge >= 0.3 is 0 Å². The molecule has 0 amide bonds. The van der Waals surface area contributed by atoms with E-state index in [0.717, 1.165) is 17.5 Å². The number of hydrogen-bond acceptors (Lipinski definition) is 2. The van der Waals surface area contributed by atoms with Crippen molar-refractivity contribution in [3.05, 3.63) is 36.0 Å². The highest BCUT2D eigenvalue weighted by Crippen LogP contribution is 2.19. The van der Waals surface area contributed by atoms with Gasteiger partial charge in [-0.3, -0.25) is 4.98 Å². The summed E-state index contributed by atoms with van der Waals surface area (Å²) >= 11 is 0. The summed E-state index contributed by atoms with van der Waals surface area (Å²) in [7, 11) is 0. The minimum atomic E-state index is 0.00722. The van der Waals surface area contributed by atoms with Crippen LogP contribution in [0.3, 0.4) is 0 Å². The monoisotopic (exact) mass is 172 g/mol. The zero-order valence-corrected chi connectivity index (χ0v) is 7.45. The van der Waals surface area contributed by atoms with Crippen LogP contribution in [0, 0.1) is 0 Å². The van der Waals surface area contributed by atoms with Gasteiger partial charge in [0.1, 0.15) is 0 Å². The molecule has 1 aromatic heterocycles. The highest BCUT2D eigenvalue weighted by atomic mass is 16.3. The number of nitrogens with zero attached hydrogens (tertiary/aromatic N) is 1. The third-order valence-corrected chi connectivity index (χ3v) is 2.10. The summed E-state index contributed by atoms with van der Waals surface area (Å²) in [6.45, 7) is 2.03. The fraction of sp³-hybridized carbons (Fsp3) is 0.182. The molecule has 0 N–H and O–H groups in total. The highest BCUT2D eigenvalue weighted by molar-refractivity contribution is 5.83. The average Bonchev–Trinajstić information content (AvgIpc) is 2.18. The minimum Gasteiger partial charge on any atom is -0.871 e. The number of benzene rings is 1. The number of fused-ring (bicyclic) bond motifs is 1. The molecule has 13 heavy (non-hydrogen) atoms. The van der Waals surface area contributed by atoms with Gasteiger partial charge in [-0.05, 0) is 17.9 Å². The van der Waals surface area contributed by atoms with Gasteiger partial charge in [0.2, 0.25) is 0 Å². The van der Waals surface area contributed by atoms with Crippen LogP contribution in [0.1, 0.15) is 12.6 Å². The molecule has 0 atom stereocenters. The van der Waals surface area contributed by atoms with Gasteiger partial charge in [0, 0.05) is 5.69 Å². The Kier molecular flexibility index (Phi) is 1.89. The largest absolute Gasteiger partial charge is 0.871 e. The Morgan fingerprint density at radius 1 is 1.23 bits per heavy atom. The van der Waals surface area contributed by atoms with E-state index in [2.05, 4.69) is 4.98 Å². The Morgan fingerprint density at radius 3 is 2.85 bits per heavy atom. The molecule has 2 heteroatoms. The molecule has 0 aliphatic carbocycles. The average molecular weight is 172 g/mol. The van der Waals surface area contributed by atoms with Crippen LogP contribution < -0.4 is 5.11 Å². The number of hydrogen-bond donors (Lipinski definition) is 0. The van der Waals surface area contributed by atoms with Gasteiger partial charge in [-0.15, -0.1) is 0 Å². The number of aryl methyl sites for hydroxylation is 1. The van der Waals surface area contributed by atoms with Gasteiger partial charge in [0.05, 0.1) is 5.52 Å². The fourth-order valence-electron chi connectivity index (χ4n) is 1.36. The summed E-state index contributed by atoms with van der Waals surface area (Å²) in [4.78, 5) is 4.28. The summed E-state index contributed by atoms with van der Waals surface area (Å²) in [6, 6.07) is 9.13. The molecule has 0 saturated carbocycles. The smallest absolute Gasteiger partial charge is 0.0626 e. The molecule has 1 aromatic carbocycles. The van der Waals surface area contributed by atoms with Crippen LogP contribution in [0.25, 0.3) is 10.9 Å². The van der Waals surface area contributed by atoms with E-state index in [1.54, 1.807) is 12.1 Å². The summed E-state index contributed by atoms with van der Waals surface area (Å²) in [5.74, 6) is 0.00722. The van der Waals surface area contributed by atoms with Gasteiger partial charge in [-0.1, -0.05) is 36.9 Å². The minimum absolute atomic E-state index is 0.00722. The van der Waals surface area contributed by atoms with E-state index < -0.39 is 0 Å². The van der Waals surface area contributed by atoms with E-state index in [9.17, 15) is 5.11 Å². The molecular weight excluding hydrogens is 162 g/mol. The first-order chi connectivity index (χ1) is 6.31. The molecule has 0 aliphatic heterocycles. The van der Waals surface area contributed by atoms with E-state index in [-0.39, 0.29) is 5.75 Å². The zero-order chi connectivity index (χ0) is 9.26. The molecule has 0 saturated heterocycles. The molecule has 0 unspecified atom stereocenters. The van der Waals surface area contributed by atoms with Crippen LogP contribution >= 0.6 is 0 Å². The predicted molar refractivity (Wildman–Crippen MR) is 50.6 cm³/mol. The van der Waals surface area contributed by atoms with Crippen molar-refractivity contribution >= 4 is 10.9 Å². The lowest BCUT2D eigenvalue weighted by molar-refractivity contribution is -0.266. The number of aromatic nitrogens is 1. The highest BCUT2D eigenvalue weighted by Gasteiger charge is 1.95. The van der Waals surface area contributed by atoms with Crippen molar-refractivity contribution in [3.8, 4) is 5.75 Å². The first kappa shape index (κ1) is 8.05. The van der Waals surface area contributed by atoms with Gasteiger partial charge in [-0.2, -0.15) is 0 Å². The quantitative estimate of drug-likeness (QED) is 0.658. The van der Waals surface area contributed by atoms with Crippen LogP contribution in [0.5, 0.6) is 5.75 Å². The van der Waals surface area contributed by atoms with Crippen LogP contribution in [-0.4, -0.2) is 4.98 Å². The summed E-state index contributed by atoms with van der Waals surface area (Å²) in [5.41, 5.74) is 1.55. The van der Waals surface area contributed by atoms with Crippen molar-refractivity contribution in [1.29, 1.82) is 0 Å². The van der Waals surface area contributed by atoms with Crippen molar-refractivity contribution in [2.75, 3.05) is 0 Å². The third kappa shape index (κ3) is 1.35. The fourth-order valence-corrected chi connectivity index (χ4v) is 1.36. The van der Waals surface area contributed by atoms with Crippen molar-refractivity contribution < 1.29 is 5.11 Å². The second-order valence-corrected chi connectivity index (χ2v) is 2.98. The lowest BCUT2D eigenvalue weighted by atomic mass is 10.2. The van der Waals surface area contributed by atoms with Crippen LogP contribution in [0.15, 0.2) is 30.3 Å². The second kappa shape index (κ2) is 3.05. The van der Waals surface area contributed by atoms with Crippen molar-refractivity contribution in [2.45, 2.75) is 13.3 Å². The maximum Gasteiger partial charge on any atom is 0.0626 e. The Bertz CT molecular complexity index is 437. The summed E-state index contributed by atoms with van der Waals surface area (Å²) in [5, 5.41) is 12.3. The third-order valence-electron chi connectivity index (χ3n) is 2.10. The van der Waals surface area contributed by atoms with Crippen LogP contribution in [0.4, 0.5) is 0 Å². The molecule has 1 heterocycles. The van der Waals surface area contributed by atoms with Gasteiger partial charge < -0.3 is 5.11 Å². The Morgan fingerprint density at radius 2 is 2.08 bits per heavy atom. The molecule has 2 nitrogen and oxygen atoms in total. The molecule has 0 spiro atoms. The van der Waals surface area contributed by atoms with Gasteiger partial charge in [0.25, 0.3) is 0 Å². The molecule has 0 radical (unpaired) electrons. The SMILES string of the molecule is CCc1ccc2cccc([O-])c2n1. The Hall–Kier alpha value is -1.57. The molecule has 0 fully saturated rings. The first-order valence-electron chi connectivity index (χ1n) is 4.37. The van der Waals surface area contributed by atoms with E-state index in [0.29, 0.717) is 5.52 Å². The van der Waals surface area contributed by atoms with Crippen molar-refractivity contribution in [2.24, 2.45) is 0 Å². The molecule has 2 aromatic rings. The van der Waals surface area contributed by atoms with Crippen LogP contribution in [0.2, 0.25) is 0 Å². The maximum absolute atomic E-state index is 11.4. The predicted octanol–water partition coefficient (Wildman–Crippen LogP) is 1.87. The Balaban J connectivity index is 2.74. The standard InChI is InChI=1S/C11H11NO/c1-2-9-7-6-8-4-3-5-10(13)11(8)12-9/h3-7,13H,2H2,1H3/p-1. The molecule has 0 aliphatic rings. The lowest BCUT2D eigenvalue weighted by Crippen LogP contribution is -1.94. The Labute approximate surface area is 76.9 Å². The van der Waals surface area contributed by atoms with Crippen LogP contribution in [-0.2, 0) is 6.42 Å². The molecular formula is C11H10NO-. The maximum atomic E-state index is 11.4. The normalized spacial score (nSPS) is 10.5. The number of para-hydroxylation sites is 1. The topological polar surface area (TPSA) is 36.0 Å². The summed E-state index contributed by atoms with van der Waals surface area (Å²) in [6.07, 6.45) is 0.865. The van der Waals surface area contributed by atoms with E-state index in [1.165, 1.54) is 0 Å². The molecule has 2 rings (SSSR count). The van der Waals surface area contributed by atoms with Crippen molar-refractivity contribution in [3.63, 3.8) is 0 Å². The van der Waals surface area contributed by atoms with Gasteiger partial charge in [-0.25, -0.2) is 0 Å². The van der Waals surface area contributed by atoms with E-state index >= 15 is 0 Å². The van der Waals surface area contributed by atoms with Crippen molar-refractivity contribution in [1.82, 2.24) is 4.98 Å². The van der Waals surface area contributed by atoms with Gasteiger partial charge in [0.15, 0.2) is 0 Å².